The largest absolute Gasteiger partial charge is 0.481 e. The van der Waals surface area contributed by atoms with Crippen LogP contribution in [0.15, 0.2) is 18.2 Å². The fourth-order valence-corrected chi connectivity index (χ4v) is 3.14. The van der Waals surface area contributed by atoms with E-state index < -0.39 is 29.7 Å². The summed E-state index contributed by atoms with van der Waals surface area (Å²) in [7, 11) is 0. The van der Waals surface area contributed by atoms with Crippen LogP contribution in [-0.4, -0.2) is 46.1 Å². The van der Waals surface area contributed by atoms with Gasteiger partial charge in [-0.3, -0.25) is 4.79 Å². The molecule has 1 aromatic rings. The molecular weight excluding hydrogens is 302 g/mol. The molecule has 8 heteroatoms. The second-order valence-corrected chi connectivity index (χ2v) is 5.72. The normalized spacial score (nSPS) is 18.4. The number of rotatable bonds is 3. The third-order valence-corrected chi connectivity index (χ3v) is 4.16. The Morgan fingerprint density at radius 2 is 2.19 bits per heavy atom. The molecule has 0 bridgehead atoms. The molecule has 21 heavy (non-hydrogen) atoms. The average molecular weight is 316 g/mol. The van der Waals surface area contributed by atoms with E-state index in [1.807, 2.05) is 0 Å². The SMILES string of the molecule is O=C(O)CC1CSCCN1C(=O)Nc1cc(F)ccc1F. The van der Waals surface area contributed by atoms with Crippen molar-refractivity contribution >= 4 is 29.4 Å². The Balaban J connectivity index is 2.10. The van der Waals surface area contributed by atoms with E-state index in [0.717, 1.165) is 18.2 Å². The van der Waals surface area contributed by atoms with Crippen LogP contribution >= 0.6 is 11.8 Å². The van der Waals surface area contributed by atoms with Crippen molar-refractivity contribution in [2.24, 2.45) is 0 Å². The number of thioether (sulfide) groups is 1. The first-order valence-electron chi connectivity index (χ1n) is 6.29. The van der Waals surface area contributed by atoms with E-state index in [0.29, 0.717) is 18.1 Å². The van der Waals surface area contributed by atoms with E-state index in [4.69, 9.17) is 5.11 Å². The minimum atomic E-state index is -1.00. The molecule has 0 saturated carbocycles. The van der Waals surface area contributed by atoms with Crippen LogP contribution in [0.3, 0.4) is 0 Å². The van der Waals surface area contributed by atoms with Crippen LogP contribution in [0.1, 0.15) is 6.42 Å². The third kappa shape index (κ3) is 4.07. The van der Waals surface area contributed by atoms with E-state index >= 15 is 0 Å². The summed E-state index contributed by atoms with van der Waals surface area (Å²) in [4.78, 5) is 24.3. The lowest BCUT2D eigenvalue weighted by Crippen LogP contribution is -2.49. The van der Waals surface area contributed by atoms with Gasteiger partial charge in [0, 0.05) is 24.1 Å². The molecule has 1 heterocycles. The molecule has 0 aliphatic carbocycles. The number of carbonyl (C=O) groups excluding carboxylic acids is 1. The molecule has 2 N–H and O–H groups in total. The molecule has 5 nitrogen and oxygen atoms in total. The maximum absolute atomic E-state index is 13.5. The molecule has 0 aromatic heterocycles. The maximum Gasteiger partial charge on any atom is 0.322 e. The number of halogens is 2. The molecule has 1 aliphatic heterocycles. The van der Waals surface area contributed by atoms with E-state index in [2.05, 4.69) is 5.32 Å². The lowest BCUT2D eigenvalue weighted by atomic mass is 10.2. The summed E-state index contributed by atoms with van der Waals surface area (Å²) < 4.78 is 26.6. The Morgan fingerprint density at radius 3 is 2.90 bits per heavy atom. The van der Waals surface area contributed by atoms with Crippen molar-refractivity contribution in [3.05, 3.63) is 29.8 Å². The van der Waals surface area contributed by atoms with Gasteiger partial charge in [-0.05, 0) is 12.1 Å². The molecule has 1 aliphatic rings. The number of amides is 2. The lowest BCUT2D eigenvalue weighted by molar-refractivity contribution is -0.137. The fraction of sp³-hybridized carbons (Fsp3) is 0.385. The molecule has 2 amide bonds. The number of hydrogen-bond donors (Lipinski definition) is 2. The maximum atomic E-state index is 13.5. The van der Waals surface area contributed by atoms with Crippen molar-refractivity contribution in [1.29, 1.82) is 0 Å². The number of carboxylic acids is 1. The summed E-state index contributed by atoms with van der Waals surface area (Å²) in [6.45, 7) is 0.366. The summed E-state index contributed by atoms with van der Waals surface area (Å²) in [5.41, 5.74) is -0.257. The van der Waals surface area contributed by atoms with Crippen LogP contribution in [0.5, 0.6) is 0 Å². The van der Waals surface area contributed by atoms with Gasteiger partial charge in [0.2, 0.25) is 0 Å². The minimum absolute atomic E-state index is 0.175. The molecule has 1 unspecified atom stereocenters. The van der Waals surface area contributed by atoms with Crippen LogP contribution in [0.2, 0.25) is 0 Å². The smallest absolute Gasteiger partial charge is 0.322 e. The highest BCUT2D eigenvalue weighted by Gasteiger charge is 2.29. The van der Waals surface area contributed by atoms with Crippen LogP contribution in [-0.2, 0) is 4.79 Å². The predicted octanol–water partition coefficient (Wildman–Crippen LogP) is 2.39. The summed E-state index contributed by atoms with van der Waals surface area (Å²) in [5.74, 6) is -1.23. The van der Waals surface area contributed by atoms with Crippen molar-refractivity contribution < 1.29 is 23.5 Å². The summed E-state index contributed by atoms with van der Waals surface area (Å²) in [6, 6.07) is 1.68. The zero-order valence-electron chi connectivity index (χ0n) is 11.0. The van der Waals surface area contributed by atoms with Gasteiger partial charge in [0.1, 0.15) is 11.6 Å². The lowest BCUT2D eigenvalue weighted by Gasteiger charge is -2.34. The Hall–Kier alpha value is -1.83. The first-order chi connectivity index (χ1) is 9.97. The van der Waals surface area contributed by atoms with Crippen molar-refractivity contribution in [2.45, 2.75) is 12.5 Å². The van der Waals surface area contributed by atoms with Crippen LogP contribution in [0.25, 0.3) is 0 Å². The second-order valence-electron chi connectivity index (χ2n) is 4.57. The number of benzene rings is 1. The first-order valence-corrected chi connectivity index (χ1v) is 7.45. The molecule has 1 atom stereocenters. The quantitative estimate of drug-likeness (QED) is 0.898. The number of hydrogen-bond acceptors (Lipinski definition) is 3. The van der Waals surface area contributed by atoms with E-state index in [1.165, 1.54) is 4.90 Å². The Kier molecular flexibility index (Phi) is 5.00. The molecule has 1 aromatic carbocycles. The Labute approximate surface area is 124 Å². The molecule has 1 saturated heterocycles. The molecular formula is C13H14F2N2O3S. The highest BCUT2D eigenvalue weighted by Crippen LogP contribution is 2.21. The monoisotopic (exact) mass is 316 g/mol. The van der Waals surface area contributed by atoms with Gasteiger partial charge < -0.3 is 15.3 Å². The third-order valence-electron chi connectivity index (χ3n) is 3.07. The Morgan fingerprint density at radius 1 is 1.43 bits per heavy atom. The molecule has 2 rings (SSSR count). The summed E-state index contributed by atoms with van der Waals surface area (Å²) >= 11 is 1.56. The topological polar surface area (TPSA) is 69.6 Å². The van der Waals surface area contributed by atoms with Gasteiger partial charge in [0.05, 0.1) is 18.2 Å². The molecule has 1 fully saturated rings. The van der Waals surface area contributed by atoms with Crippen LogP contribution < -0.4 is 5.32 Å². The number of nitrogens with zero attached hydrogens (tertiary/aromatic N) is 1. The number of nitrogens with one attached hydrogen (secondary N) is 1. The van der Waals surface area contributed by atoms with E-state index in [-0.39, 0.29) is 12.1 Å². The molecule has 0 spiro atoms. The number of aliphatic carboxylic acids is 1. The number of urea groups is 1. The first kappa shape index (κ1) is 15.6. The fourth-order valence-electron chi connectivity index (χ4n) is 2.07. The van der Waals surface area contributed by atoms with Gasteiger partial charge >= 0.3 is 12.0 Å². The minimum Gasteiger partial charge on any atom is -0.481 e. The van der Waals surface area contributed by atoms with Gasteiger partial charge in [0.15, 0.2) is 0 Å². The zero-order valence-corrected chi connectivity index (χ0v) is 11.8. The van der Waals surface area contributed by atoms with Crippen molar-refractivity contribution in [3.63, 3.8) is 0 Å². The Bertz CT molecular complexity index is 556. The summed E-state index contributed by atoms with van der Waals surface area (Å²) in [5, 5.41) is 11.2. The van der Waals surface area contributed by atoms with Crippen molar-refractivity contribution in [1.82, 2.24) is 4.90 Å². The van der Waals surface area contributed by atoms with Gasteiger partial charge in [-0.1, -0.05) is 0 Å². The van der Waals surface area contributed by atoms with Gasteiger partial charge in [-0.2, -0.15) is 11.8 Å². The van der Waals surface area contributed by atoms with Crippen LogP contribution in [0.4, 0.5) is 19.3 Å². The number of carboxylic acid groups (broad SMARTS) is 1. The average Bonchev–Trinajstić information content (AvgIpc) is 2.42. The van der Waals surface area contributed by atoms with Gasteiger partial charge in [-0.15, -0.1) is 0 Å². The van der Waals surface area contributed by atoms with E-state index in [9.17, 15) is 18.4 Å². The number of anilines is 1. The van der Waals surface area contributed by atoms with Crippen molar-refractivity contribution in [3.8, 4) is 0 Å². The zero-order chi connectivity index (χ0) is 15.4. The highest BCUT2D eigenvalue weighted by atomic mass is 32.2. The number of carbonyl (C=O) groups is 2. The summed E-state index contributed by atoms with van der Waals surface area (Å²) in [6.07, 6.45) is -0.175. The predicted molar refractivity (Wildman–Crippen MR) is 75.4 cm³/mol. The molecule has 114 valence electrons. The highest BCUT2D eigenvalue weighted by molar-refractivity contribution is 7.99. The second kappa shape index (κ2) is 6.75. The standard InChI is InChI=1S/C13H14F2N2O3S/c14-8-1-2-10(15)11(5-8)16-13(20)17-3-4-21-7-9(17)6-12(18)19/h1-2,5,9H,3-4,6-7H2,(H,16,20)(H,18,19). The van der Waals surface area contributed by atoms with E-state index in [1.54, 1.807) is 11.8 Å². The van der Waals surface area contributed by atoms with Gasteiger partial charge in [-0.25, -0.2) is 13.6 Å². The van der Waals surface area contributed by atoms with Crippen molar-refractivity contribution in [2.75, 3.05) is 23.4 Å². The molecule has 0 radical (unpaired) electrons. The van der Waals surface area contributed by atoms with Gasteiger partial charge in [0.25, 0.3) is 0 Å². The van der Waals surface area contributed by atoms with Crippen LogP contribution in [0, 0.1) is 11.6 Å².